The molecule has 2 aromatic rings. The lowest BCUT2D eigenvalue weighted by molar-refractivity contribution is 0.0744. The van der Waals surface area contributed by atoms with Gasteiger partial charge in [-0.2, -0.15) is 0 Å². The normalized spacial score (nSPS) is 16.4. The lowest BCUT2D eigenvalue weighted by Crippen LogP contribution is -2.35. The summed E-state index contributed by atoms with van der Waals surface area (Å²) < 4.78 is 0. The number of benzene rings is 1. The summed E-state index contributed by atoms with van der Waals surface area (Å²) in [7, 11) is 0. The Hall–Kier alpha value is -2.40. The van der Waals surface area contributed by atoms with E-state index < -0.39 is 0 Å². The fourth-order valence-electron chi connectivity index (χ4n) is 3.05. The lowest BCUT2D eigenvalue weighted by Gasteiger charge is -2.24. The maximum Gasteiger partial charge on any atom is 0.270 e. The van der Waals surface area contributed by atoms with Crippen LogP contribution in [0.1, 0.15) is 35.9 Å². The van der Waals surface area contributed by atoms with Crippen LogP contribution in [0.25, 0.3) is 11.3 Å². The van der Waals surface area contributed by atoms with Crippen molar-refractivity contribution in [2.75, 3.05) is 6.54 Å². The first kappa shape index (κ1) is 17.4. The molecule has 1 amide bonds. The minimum atomic E-state index is -0.366. The van der Waals surface area contributed by atoms with Crippen molar-refractivity contribution in [1.82, 2.24) is 14.9 Å². The summed E-state index contributed by atoms with van der Waals surface area (Å²) in [5, 5.41) is 0.0522. The quantitative estimate of drug-likeness (QED) is 0.850. The van der Waals surface area contributed by atoms with Gasteiger partial charge in [0, 0.05) is 17.7 Å². The van der Waals surface area contributed by atoms with Gasteiger partial charge in [0.05, 0.1) is 11.7 Å². The monoisotopic (exact) mass is 357 g/mol. The second-order valence-electron chi connectivity index (χ2n) is 6.13. The Morgan fingerprint density at radius 3 is 2.76 bits per heavy atom. The molecule has 1 atom stereocenters. The Morgan fingerprint density at radius 2 is 2.08 bits per heavy atom. The predicted octanol–water partition coefficient (Wildman–Crippen LogP) is 3.58. The van der Waals surface area contributed by atoms with Crippen molar-refractivity contribution in [3.8, 4) is 11.3 Å². The van der Waals surface area contributed by atoms with E-state index in [1.807, 2.05) is 11.0 Å². The van der Waals surface area contributed by atoms with E-state index in [2.05, 4.69) is 23.0 Å². The molecule has 1 aromatic carbocycles. The maximum atomic E-state index is 12.7. The van der Waals surface area contributed by atoms with Crippen molar-refractivity contribution in [1.29, 1.82) is 0 Å². The zero-order chi connectivity index (χ0) is 18.0. The summed E-state index contributed by atoms with van der Waals surface area (Å²) in [5.41, 5.74) is 1.38. The Bertz CT molecular complexity index is 871. The Kier molecular flexibility index (Phi) is 5.04. The molecule has 0 bridgehead atoms. The van der Waals surface area contributed by atoms with Crippen LogP contribution in [0.15, 0.2) is 41.2 Å². The Labute approximate surface area is 151 Å². The number of hydrogen-bond acceptors (Lipinski definition) is 3. The second-order valence-corrected chi connectivity index (χ2v) is 6.51. The lowest BCUT2D eigenvalue weighted by atomic mass is 10.1. The molecule has 1 N–H and O–H groups in total. The number of halogens is 1. The molecule has 0 radical (unpaired) electrons. The van der Waals surface area contributed by atoms with E-state index in [1.165, 1.54) is 0 Å². The largest absolute Gasteiger partial charge is 0.328 e. The van der Waals surface area contributed by atoms with Gasteiger partial charge in [0.1, 0.15) is 10.8 Å². The van der Waals surface area contributed by atoms with Crippen molar-refractivity contribution in [2.24, 2.45) is 0 Å². The van der Waals surface area contributed by atoms with Gasteiger partial charge in [-0.1, -0.05) is 49.2 Å². The molecule has 1 aliphatic heterocycles. The van der Waals surface area contributed by atoms with Gasteiger partial charge in [-0.3, -0.25) is 9.59 Å². The van der Waals surface area contributed by atoms with Crippen LogP contribution in [0.3, 0.4) is 0 Å². The minimum absolute atomic E-state index is 0.0103. The van der Waals surface area contributed by atoms with Crippen LogP contribution < -0.4 is 5.56 Å². The number of amides is 1. The first-order valence-corrected chi connectivity index (χ1v) is 8.73. The smallest absolute Gasteiger partial charge is 0.270 e. The van der Waals surface area contributed by atoms with Crippen LogP contribution in [0.5, 0.6) is 0 Å². The highest BCUT2D eigenvalue weighted by atomic mass is 35.5. The van der Waals surface area contributed by atoms with E-state index >= 15 is 0 Å². The van der Waals surface area contributed by atoms with Gasteiger partial charge in [-0.25, -0.2) is 4.98 Å². The number of aromatic nitrogens is 2. The van der Waals surface area contributed by atoms with Crippen LogP contribution in [-0.4, -0.2) is 33.4 Å². The average Bonchev–Trinajstić information content (AvgIpc) is 3.06. The molecule has 0 saturated carbocycles. The molecule has 5 nitrogen and oxygen atoms in total. The summed E-state index contributed by atoms with van der Waals surface area (Å²) in [5.74, 6) is 0.506. The van der Waals surface area contributed by atoms with E-state index in [9.17, 15) is 9.59 Å². The number of aromatic amines is 1. The first-order chi connectivity index (χ1) is 12.0. The van der Waals surface area contributed by atoms with Crippen LogP contribution in [0.2, 0.25) is 5.02 Å². The summed E-state index contributed by atoms with van der Waals surface area (Å²) in [6.45, 7) is 4.46. The van der Waals surface area contributed by atoms with E-state index in [0.29, 0.717) is 29.2 Å². The van der Waals surface area contributed by atoms with Crippen LogP contribution >= 0.6 is 11.6 Å². The maximum absolute atomic E-state index is 12.7. The number of nitrogens with one attached hydrogen (secondary N) is 1. The third-order valence-corrected chi connectivity index (χ3v) is 4.64. The van der Waals surface area contributed by atoms with Gasteiger partial charge in [-0.05, 0) is 25.5 Å². The van der Waals surface area contributed by atoms with Gasteiger partial charge < -0.3 is 9.88 Å². The molecule has 0 saturated heterocycles. The number of aryl methyl sites for hydroxylation is 1. The predicted molar refractivity (Wildman–Crippen MR) is 98.9 cm³/mol. The second kappa shape index (κ2) is 7.23. The number of nitrogens with zero attached hydrogens (tertiary/aromatic N) is 2. The molecule has 1 aromatic heterocycles. The van der Waals surface area contributed by atoms with Gasteiger partial charge >= 0.3 is 0 Å². The van der Waals surface area contributed by atoms with Gasteiger partial charge in [-0.15, -0.1) is 0 Å². The SMILES string of the molecule is CCC[C@@H]1C=CCN1C(=O)c1ccc(-c2nc(C)[nH]c(=O)c2Cl)cc1. The fraction of sp³-hybridized carbons (Fsp3) is 0.316. The van der Waals surface area contributed by atoms with Crippen molar-refractivity contribution in [3.63, 3.8) is 0 Å². The van der Waals surface area contributed by atoms with Crippen molar-refractivity contribution < 1.29 is 4.79 Å². The molecule has 1 aliphatic rings. The molecule has 2 heterocycles. The van der Waals surface area contributed by atoms with Crippen molar-refractivity contribution >= 4 is 17.5 Å². The molecular weight excluding hydrogens is 338 g/mol. The highest BCUT2D eigenvalue weighted by molar-refractivity contribution is 6.32. The number of hydrogen-bond donors (Lipinski definition) is 1. The van der Waals surface area contributed by atoms with E-state index in [4.69, 9.17) is 11.6 Å². The summed E-state index contributed by atoms with van der Waals surface area (Å²) in [6, 6.07) is 7.24. The standard InChI is InChI=1S/C19H20ClN3O2/c1-3-5-15-6-4-11-23(15)19(25)14-9-7-13(8-10-14)17-16(20)18(24)22-12(2)21-17/h4,6-10,15H,3,5,11H2,1-2H3,(H,21,22,24)/t15-/m1/s1. The van der Waals surface area contributed by atoms with Crippen molar-refractivity contribution in [3.05, 3.63) is 63.2 Å². The van der Waals surface area contributed by atoms with Gasteiger partial charge in [0.15, 0.2) is 0 Å². The zero-order valence-corrected chi connectivity index (χ0v) is 15.0. The summed E-state index contributed by atoms with van der Waals surface area (Å²) in [4.78, 5) is 33.3. The van der Waals surface area contributed by atoms with Gasteiger partial charge in [0.2, 0.25) is 0 Å². The average molecular weight is 358 g/mol. The molecule has 0 aliphatic carbocycles. The van der Waals surface area contributed by atoms with Crippen LogP contribution in [-0.2, 0) is 0 Å². The van der Waals surface area contributed by atoms with Crippen LogP contribution in [0.4, 0.5) is 0 Å². The Morgan fingerprint density at radius 1 is 1.36 bits per heavy atom. The molecule has 0 spiro atoms. The highest BCUT2D eigenvalue weighted by Gasteiger charge is 2.25. The van der Waals surface area contributed by atoms with Crippen LogP contribution in [0, 0.1) is 6.92 Å². The fourth-order valence-corrected chi connectivity index (χ4v) is 3.25. The zero-order valence-electron chi connectivity index (χ0n) is 14.3. The van der Waals surface area contributed by atoms with E-state index in [-0.39, 0.29) is 22.5 Å². The first-order valence-electron chi connectivity index (χ1n) is 8.35. The third kappa shape index (κ3) is 3.51. The highest BCUT2D eigenvalue weighted by Crippen LogP contribution is 2.24. The molecule has 3 rings (SSSR count). The number of H-pyrrole nitrogens is 1. The molecule has 0 unspecified atom stereocenters. The Balaban J connectivity index is 1.86. The van der Waals surface area contributed by atoms with E-state index in [1.54, 1.807) is 31.2 Å². The number of carbonyl (C=O) groups excluding carboxylic acids is 1. The topological polar surface area (TPSA) is 66.1 Å². The molecule has 25 heavy (non-hydrogen) atoms. The molecule has 0 fully saturated rings. The molecule has 130 valence electrons. The number of carbonyl (C=O) groups is 1. The molecule has 6 heteroatoms. The third-order valence-electron chi connectivity index (χ3n) is 4.29. The summed E-state index contributed by atoms with van der Waals surface area (Å²) >= 11 is 6.07. The summed E-state index contributed by atoms with van der Waals surface area (Å²) in [6.07, 6.45) is 6.13. The number of rotatable bonds is 4. The van der Waals surface area contributed by atoms with E-state index in [0.717, 1.165) is 12.8 Å². The minimum Gasteiger partial charge on any atom is -0.328 e. The van der Waals surface area contributed by atoms with Gasteiger partial charge in [0.25, 0.3) is 11.5 Å². The molecular formula is C19H20ClN3O2. The van der Waals surface area contributed by atoms with Crippen molar-refractivity contribution in [2.45, 2.75) is 32.7 Å².